The van der Waals surface area contributed by atoms with Gasteiger partial charge in [0.05, 0.1) is 13.0 Å². The summed E-state index contributed by atoms with van der Waals surface area (Å²) < 4.78 is 4.83. The maximum atomic E-state index is 11.2. The maximum absolute atomic E-state index is 11.2. The Morgan fingerprint density at radius 3 is 2.60 bits per heavy atom. The third kappa shape index (κ3) is 3.40. The smallest absolute Gasteiger partial charge is 0.310 e. The molecule has 0 saturated carbocycles. The topological polar surface area (TPSA) is 26.3 Å². The molecule has 0 atom stereocenters. The number of esters is 1. The van der Waals surface area contributed by atoms with Crippen molar-refractivity contribution in [1.29, 1.82) is 0 Å². The second-order valence-electron chi connectivity index (χ2n) is 3.17. The van der Waals surface area contributed by atoms with Crippen LogP contribution in [0.15, 0.2) is 12.1 Å². The monoisotopic (exact) mass is 246 g/mol. The van der Waals surface area contributed by atoms with Crippen LogP contribution in [0, 0.1) is 6.92 Å². The largest absolute Gasteiger partial charge is 0.466 e. The maximum Gasteiger partial charge on any atom is 0.310 e. The number of carbonyl (C=O) groups is 1. The summed E-state index contributed by atoms with van der Waals surface area (Å²) in [7, 11) is 0. The number of hydrogen-bond acceptors (Lipinski definition) is 2. The van der Waals surface area contributed by atoms with Crippen LogP contribution in [0.25, 0.3) is 0 Å². The van der Waals surface area contributed by atoms with E-state index >= 15 is 0 Å². The average Bonchev–Trinajstić information content (AvgIpc) is 2.14. The van der Waals surface area contributed by atoms with Crippen molar-refractivity contribution >= 4 is 29.2 Å². The highest BCUT2D eigenvalue weighted by Gasteiger charge is 2.09. The highest BCUT2D eigenvalue weighted by atomic mass is 35.5. The third-order valence-electron chi connectivity index (χ3n) is 1.97. The van der Waals surface area contributed by atoms with E-state index in [1.807, 2.05) is 6.92 Å². The molecule has 0 saturated heterocycles. The van der Waals surface area contributed by atoms with Gasteiger partial charge in [-0.2, -0.15) is 0 Å². The lowest BCUT2D eigenvalue weighted by atomic mass is 10.1. The Morgan fingerprint density at radius 2 is 2.00 bits per heavy atom. The third-order valence-corrected chi connectivity index (χ3v) is 2.73. The molecule has 1 aromatic rings. The lowest BCUT2D eigenvalue weighted by Gasteiger charge is -2.06. The van der Waals surface area contributed by atoms with Crippen LogP contribution in [0.5, 0.6) is 0 Å². The molecule has 4 heteroatoms. The highest BCUT2D eigenvalue weighted by molar-refractivity contribution is 6.34. The molecule has 1 aromatic carbocycles. The van der Waals surface area contributed by atoms with Gasteiger partial charge in [0, 0.05) is 10.0 Å². The highest BCUT2D eigenvalue weighted by Crippen LogP contribution is 2.25. The van der Waals surface area contributed by atoms with E-state index in [2.05, 4.69) is 0 Å². The minimum atomic E-state index is -0.292. The van der Waals surface area contributed by atoms with E-state index in [1.54, 1.807) is 19.1 Å². The molecule has 0 fully saturated rings. The van der Waals surface area contributed by atoms with Gasteiger partial charge in [-0.1, -0.05) is 23.2 Å². The van der Waals surface area contributed by atoms with E-state index in [0.29, 0.717) is 22.2 Å². The first-order valence-electron chi connectivity index (χ1n) is 4.64. The van der Waals surface area contributed by atoms with Gasteiger partial charge in [-0.25, -0.2) is 0 Å². The van der Waals surface area contributed by atoms with Crippen LogP contribution in [0.1, 0.15) is 18.1 Å². The second-order valence-corrected chi connectivity index (χ2v) is 3.99. The molecule has 0 aliphatic rings. The zero-order valence-electron chi connectivity index (χ0n) is 8.64. The molecular weight excluding hydrogens is 235 g/mol. The first kappa shape index (κ1) is 12.3. The van der Waals surface area contributed by atoms with E-state index in [1.165, 1.54) is 0 Å². The standard InChI is InChI=1S/C11H12Cl2O2/c1-3-15-11(14)6-8-5-9(12)7(2)4-10(8)13/h4-5H,3,6H2,1-2H3. The fourth-order valence-electron chi connectivity index (χ4n) is 1.19. The Hall–Kier alpha value is -0.730. The molecule has 0 spiro atoms. The van der Waals surface area contributed by atoms with Crippen LogP contribution in [-0.2, 0) is 16.0 Å². The van der Waals surface area contributed by atoms with Gasteiger partial charge in [0.25, 0.3) is 0 Å². The quantitative estimate of drug-likeness (QED) is 0.765. The zero-order valence-corrected chi connectivity index (χ0v) is 10.2. The molecule has 2 nitrogen and oxygen atoms in total. The fraction of sp³-hybridized carbons (Fsp3) is 0.364. The number of hydrogen-bond donors (Lipinski definition) is 0. The molecular formula is C11H12Cl2O2. The van der Waals surface area contributed by atoms with Gasteiger partial charge in [0.2, 0.25) is 0 Å². The molecule has 82 valence electrons. The SMILES string of the molecule is CCOC(=O)Cc1cc(Cl)c(C)cc1Cl. The van der Waals surface area contributed by atoms with Crippen molar-refractivity contribution in [3.05, 3.63) is 33.3 Å². The summed E-state index contributed by atoms with van der Waals surface area (Å²) >= 11 is 11.9. The molecule has 0 amide bonds. The Balaban J connectivity index is 2.86. The van der Waals surface area contributed by atoms with E-state index in [0.717, 1.165) is 5.56 Å². The summed E-state index contributed by atoms with van der Waals surface area (Å²) in [5, 5.41) is 1.16. The number of rotatable bonds is 3. The Morgan fingerprint density at radius 1 is 1.33 bits per heavy atom. The lowest BCUT2D eigenvalue weighted by molar-refractivity contribution is -0.142. The van der Waals surface area contributed by atoms with Gasteiger partial charge in [-0.15, -0.1) is 0 Å². The molecule has 0 unspecified atom stereocenters. The van der Waals surface area contributed by atoms with Crippen molar-refractivity contribution in [2.75, 3.05) is 6.61 Å². The molecule has 0 aliphatic carbocycles. The van der Waals surface area contributed by atoms with Crippen molar-refractivity contribution in [2.45, 2.75) is 20.3 Å². The van der Waals surface area contributed by atoms with E-state index in [4.69, 9.17) is 27.9 Å². The van der Waals surface area contributed by atoms with Crippen LogP contribution in [0.3, 0.4) is 0 Å². The van der Waals surface area contributed by atoms with Gasteiger partial charge in [-0.3, -0.25) is 4.79 Å². The predicted molar refractivity (Wildman–Crippen MR) is 61.5 cm³/mol. The average molecular weight is 247 g/mol. The van der Waals surface area contributed by atoms with Gasteiger partial charge in [0.15, 0.2) is 0 Å². The molecule has 0 aliphatic heterocycles. The van der Waals surface area contributed by atoms with Crippen molar-refractivity contribution in [2.24, 2.45) is 0 Å². The van der Waals surface area contributed by atoms with Crippen LogP contribution in [-0.4, -0.2) is 12.6 Å². The van der Waals surface area contributed by atoms with Crippen LogP contribution >= 0.6 is 23.2 Å². The second kappa shape index (κ2) is 5.38. The molecule has 15 heavy (non-hydrogen) atoms. The molecule has 0 bridgehead atoms. The zero-order chi connectivity index (χ0) is 11.4. The summed E-state index contributed by atoms with van der Waals surface area (Å²) in [4.78, 5) is 11.2. The van der Waals surface area contributed by atoms with Crippen LogP contribution in [0.2, 0.25) is 10.0 Å². The van der Waals surface area contributed by atoms with Crippen molar-refractivity contribution in [3.63, 3.8) is 0 Å². The fourth-order valence-corrected chi connectivity index (χ4v) is 1.66. The van der Waals surface area contributed by atoms with Crippen molar-refractivity contribution in [1.82, 2.24) is 0 Å². The Kier molecular flexibility index (Phi) is 4.43. The number of carbonyl (C=O) groups excluding carboxylic acids is 1. The van der Waals surface area contributed by atoms with Gasteiger partial charge < -0.3 is 4.74 Å². The molecule has 0 heterocycles. The summed E-state index contributed by atoms with van der Waals surface area (Å²) in [6.45, 7) is 4.00. The summed E-state index contributed by atoms with van der Waals surface area (Å²) in [6, 6.07) is 3.45. The summed E-state index contributed by atoms with van der Waals surface area (Å²) in [6.07, 6.45) is 0.159. The minimum Gasteiger partial charge on any atom is -0.466 e. The first-order chi connectivity index (χ1) is 7.04. The van der Waals surface area contributed by atoms with Crippen molar-refractivity contribution < 1.29 is 9.53 Å². The molecule has 0 N–H and O–H groups in total. The Labute approximate surface area is 99.1 Å². The summed E-state index contributed by atoms with van der Waals surface area (Å²) in [5.74, 6) is -0.292. The number of halogens is 2. The lowest BCUT2D eigenvalue weighted by Crippen LogP contribution is -2.08. The van der Waals surface area contributed by atoms with E-state index in [-0.39, 0.29) is 12.4 Å². The van der Waals surface area contributed by atoms with Gasteiger partial charge in [0.1, 0.15) is 0 Å². The van der Waals surface area contributed by atoms with Crippen molar-refractivity contribution in [3.8, 4) is 0 Å². The number of aryl methyl sites for hydroxylation is 1. The molecule has 0 radical (unpaired) electrons. The predicted octanol–water partition coefficient (Wildman–Crippen LogP) is 3.41. The number of ether oxygens (including phenoxy) is 1. The Bertz CT molecular complexity index is 375. The van der Waals surface area contributed by atoms with Crippen LogP contribution < -0.4 is 0 Å². The first-order valence-corrected chi connectivity index (χ1v) is 5.40. The molecule has 1 rings (SSSR count). The van der Waals surface area contributed by atoms with Crippen LogP contribution in [0.4, 0.5) is 0 Å². The number of benzene rings is 1. The summed E-state index contributed by atoms with van der Waals surface area (Å²) in [5.41, 5.74) is 1.60. The minimum absolute atomic E-state index is 0.159. The molecule has 0 aromatic heterocycles. The van der Waals surface area contributed by atoms with Gasteiger partial charge in [-0.05, 0) is 37.1 Å². The van der Waals surface area contributed by atoms with E-state index in [9.17, 15) is 4.79 Å². The normalized spacial score (nSPS) is 10.1. The van der Waals surface area contributed by atoms with E-state index < -0.39 is 0 Å². The van der Waals surface area contributed by atoms with Gasteiger partial charge >= 0.3 is 5.97 Å².